The van der Waals surface area contributed by atoms with Gasteiger partial charge in [0.2, 0.25) is 0 Å². The van der Waals surface area contributed by atoms with Gasteiger partial charge in [0.05, 0.1) is 15.4 Å². The van der Waals surface area contributed by atoms with Crippen LogP contribution in [-0.4, -0.2) is 17.4 Å². The Kier molecular flexibility index (Phi) is 4.84. The van der Waals surface area contributed by atoms with Gasteiger partial charge in [0, 0.05) is 29.0 Å². The number of hydrogen-bond acceptors (Lipinski definition) is 3. The molecule has 4 rings (SSSR count). The molecule has 0 radical (unpaired) electrons. The summed E-state index contributed by atoms with van der Waals surface area (Å²) in [5.74, 6) is 6.26. The molecular formula is C22H17ClN2O2S. The van der Waals surface area contributed by atoms with Crippen molar-refractivity contribution in [2.45, 2.75) is 24.7 Å². The topological polar surface area (TPSA) is 52.0 Å². The maximum Gasteiger partial charge on any atom is 0.269 e. The minimum atomic E-state index is -3.82. The lowest BCUT2D eigenvalue weighted by Crippen LogP contribution is -2.13. The van der Waals surface area contributed by atoms with Crippen LogP contribution in [0.3, 0.4) is 0 Å². The highest BCUT2D eigenvalue weighted by atomic mass is 35.5. The minimum absolute atomic E-state index is 0.206. The zero-order valence-corrected chi connectivity index (χ0v) is 16.8. The molecule has 0 saturated heterocycles. The van der Waals surface area contributed by atoms with E-state index in [1.807, 2.05) is 12.1 Å². The summed E-state index contributed by atoms with van der Waals surface area (Å²) in [7, 11) is -3.82. The maximum atomic E-state index is 13.4. The third-order valence-corrected chi connectivity index (χ3v) is 6.35. The first-order valence-corrected chi connectivity index (χ1v) is 10.7. The number of fused-ring (bicyclic) bond motifs is 3. The van der Waals surface area contributed by atoms with Crippen LogP contribution in [0.25, 0.3) is 21.9 Å². The van der Waals surface area contributed by atoms with Gasteiger partial charge in [0.15, 0.2) is 5.65 Å². The van der Waals surface area contributed by atoms with Crippen molar-refractivity contribution in [3.8, 4) is 11.8 Å². The van der Waals surface area contributed by atoms with Crippen LogP contribution in [0, 0.1) is 11.8 Å². The summed E-state index contributed by atoms with van der Waals surface area (Å²) in [5.41, 5.74) is 1.73. The number of halogens is 1. The second kappa shape index (κ2) is 7.31. The van der Waals surface area contributed by atoms with Crippen LogP contribution in [0.5, 0.6) is 0 Å². The summed E-state index contributed by atoms with van der Waals surface area (Å²) in [5, 5.41) is 1.89. The second-order valence-electron chi connectivity index (χ2n) is 6.39. The third-order valence-electron chi connectivity index (χ3n) is 4.42. The van der Waals surface area contributed by atoms with E-state index in [0.29, 0.717) is 21.6 Å². The van der Waals surface area contributed by atoms with Crippen LogP contribution in [0.1, 0.15) is 25.3 Å². The molecule has 0 N–H and O–H groups in total. The zero-order valence-electron chi connectivity index (χ0n) is 15.2. The van der Waals surface area contributed by atoms with Gasteiger partial charge in [-0.3, -0.25) is 0 Å². The number of rotatable bonds is 3. The van der Waals surface area contributed by atoms with Crippen molar-refractivity contribution in [1.82, 2.24) is 8.96 Å². The van der Waals surface area contributed by atoms with E-state index in [1.165, 1.54) is 10.2 Å². The Morgan fingerprint density at radius 3 is 2.61 bits per heavy atom. The molecule has 0 aliphatic carbocycles. The molecule has 140 valence electrons. The smallest absolute Gasteiger partial charge is 0.236 e. The average molecular weight is 409 g/mol. The van der Waals surface area contributed by atoms with E-state index in [-0.39, 0.29) is 4.90 Å². The molecule has 4 aromatic rings. The molecule has 2 heterocycles. The molecule has 0 spiro atoms. The predicted octanol–water partition coefficient (Wildman–Crippen LogP) is 5.23. The number of pyridine rings is 1. The van der Waals surface area contributed by atoms with E-state index in [1.54, 1.807) is 42.5 Å². The summed E-state index contributed by atoms with van der Waals surface area (Å²) in [6.07, 6.45) is 3.26. The molecule has 28 heavy (non-hydrogen) atoms. The van der Waals surface area contributed by atoms with E-state index in [0.717, 1.165) is 23.8 Å². The minimum Gasteiger partial charge on any atom is -0.236 e. The molecule has 0 atom stereocenters. The number of hydrogen-bond donors (Lipinski definition) is 0. The zero-order chi connectivity index (χ0) is 19.7. The van der Waals surface area contributed by atoms with Gasteiger partial charge in [0.25, 0.3) is 10.0 Å². The van der Waals surface area contributed by atoms with Gasteiger partial charge in [-0.25, -0.2) is 17.4 Å². The Morgan fingerprint density at radius 1 is 1.07 bits per heavy atom. The predicted molar refractivity (Wildman–Crippen MR) is 113 cm³/mol. The second-order valence-corrected chi connectivity index (χ2v) is 8.61. The summed E-state index contributed by atoms with van der Waals surface area (Å²) in [4.78, 5) is 4.54. The first-order valence-electron chi connectivity index (χ1n) is 8.91. The SMILES string of the molecule is CCCC#Cc1ccc2c(c1)c1cc(Cl)cnc1n2S(=O)(=O)c1ccccc1. The molecule has 0 unspecified atom stereocenters. The maximum absolute atomic E-state index is 13.4. The fourth-order valence-electron chi connectivity index (χ4n) is 3.14. The Labute approximate surface area is 168 Å². The van der Waals surface area contributed by atoms with E-state index in [2.05, 4.69) is 23.7 Å². The third kappa shape index (κ3) is 3.15. The first kappa shape index (κ1) is 18.5. The summed E-state index contributed by atoms with van der Waals surface area (Å²) in [6.45, 7) is 2.08. The number of nitrogens with zero attached hydrogens (tertiary/aromatic N) is 2. The van der Waals surface area contributed by atoms with E-state index in [4.69, 9.17) is 11.6 Å². The normalized spacial score (nSPS) is 11.5. The lowest BCUT2D eigenvalue weighted by atomic mass is 10.1. The van der Waals surface area contributed by atoms with E-state index < -0.39 is 10.0 Å². The van der Waals surface area contributed by atoms with Gasteiger partial charge in [-0.2, -0.15) is 0 Å². The molecule has 6 heteroatoms. The highest BCUT2D eigenvalue weighted by Gasteiger charge is 2.24. The Balaban J connectivity index is 2.05. The fraction of sp³-hybridized carbons (Fsp3) is 0.136. The van der Waals surface area contributed by atoms with Crippen molar-refractivity contribution >= 4 is 43.6 Å². The van der Waals surface area contributed by atoms with Crippen LogP contribution in [0.15, 0.2) is 65.7 Å². The molecule has 0 fully saturated rings. The molecule has 0 saturated carbocycles. The van der Waals surface area contributed by atoms with Crippen LogP contribution in [0.2, 0.25) is 5.02 Å². The van der Waals surface area contributed by atoms with Crippen LogP contribution in [0.4, 0.5) is 0 Å². The van der Waals surface area contributed by atoms with Crippen molar-refractivity contribution < 1.29 is 8.42 Å². The summed E-state index contributed by atoms with van der Waals surface area (Å²) >= 11 is 6.15. The van der Waals surface area contributed by atoms with Crippen LogP contribution in [-0.2, 0) is 10.0 Å². The Hall–Kier alpha value is -2.81. The van der Waals surface area contributed by atoms with Gasteiger partial charge in [-0.15, -0.1) is 0 Å². The molecule has 0 aliphatic heterocycles. The van der Waals surface area contributed by atoms with Crippen LogP contribution >= 0.6 is 11.6 Å². The quantitative estimate of drug-likeness (QED) is 0.436. The standard InChI is InChI=1S/C22H17ClN2O2S/c1-2-3-5-8-16-11-12-21-19(13-16)20-14-17(23)15-24-22(20)25(21)28(26,27)18-9-6-4-7-10-18/h4,6-7,9-15H,2-3H2,1H3. The van der Waals surface area contributed by atoms with Gasteiger partial charge in [0.1, 0.15) is 0 Å². The first-order chi connectivity index (χ1) is 13.5. The number of aromatic nitrogens is 2. The lowest BCUT2D eigenvalue weighted by molar-refractivity contribution is 0.590. The van der Waals surface area contributed by atoms with Crippen molar-refractivity contribution in [3.63, 3.8) is 0 Å². The van der Waals surface area contributed by atoms with Gasteiger partial charge in [-0.1, -0.05) is 48.6 Å². The highest BCUT2D eigenvalue weighted by Crippen LogP contribution is 2.33. The average Bonchev–Trinajstić information content (AvgIpc) is 3.02. The lowest BCUT2D eigenvalue weighted by Gasteiger charge is -2.08. The summed E-state index contributed by atoms with van der Waals surface area (Å²) < 4.78 is 28.0. The molecule has 0 bridgehead atoms. The molecule has 2 aromatic carbocycles. The monoisotopic (exact) mass is 408 g/mol. The Morgan fingerprint density at radius 2 is 1.86 bits per heavy atom. The van der Waals surface area contributed by atoms with Gasteiger partial charge in [-0.05, 0) is 42.8 Å². The molecule has 2 aromatic heterocycles. The number of unbranched alkanes of at least 4 members (excludes halogenated alkanes) is 1. The summed E-state index contributed by atoms with van der Waals surface area (Å²) in [6, 6.07) is 15.6. The fourth-order valence-corrected chi connectivity index (χ4v) is 4.80. The molecular weight excluding hydrogens is 392 g/mol. The van der Waals surface area contributed by atoms with E-state index >= 15 is 0 Å². The van der Waals surface area contributed by atoms with Crippen molar-refractivity contribution in [2.75, 3.05) is 0 Å². The molecule has 0 amide bonds. The van der Waals surface area contributed by atoms with Gasteiger partial charge >= 0.3 is 0 Å². The van der Waals surface area contributed by atoms with Crippen LogP contribution < -0.4 is 0 Å². The largest absolute Gasteiger partial charge is 0.269 e. The van der Waals surface area contributed by atoms with Gasteiger partial charge < -0.3 is 0 Å². The van der Waals surface area contributed by atoms with E-state index in [9.17, 15) is 8.42 Å². The van der Waals surface area contributed by atoms with Crippen molar-refractivity contribution in [2.24, 2.45) is 0 Å². The molecule has 4 nitrogen and oxygen atoms in total. The highest BCUT2D eigenvalue weighted by molar-refractivity contribution is 7.90. The van der Waals surface area contributed by atoms with Crippen molar-refractivity contribution in [3.05, 3.63) is 71.4 Å². The molecule has 0 aliphatic rings. The van der Waals surface area contributed by atoms with Crippen molar-refractivity contribution in [1.29, 1.82) is 0 Å². The Bertz CT molecular complexity index is 1350. The number of benzene rings is 2.